The molecule has 1 aliphatic heterocycles. The minimum Gasteiger partial charge on any atom is -0.494 e. The number of aromatic amines is 1. The van der Waals surface area contributed by atoms with Crippen LogP contribution in [0.5, 0.6) is 5.75 Å². The molecule has 0 bridgehead atoms. The van der Waals surface area contributed by atoms with Crippen LogP contribution in [0.4, 0.5) is 5.69 Å². The molecular weight excluding hydrogens is 578 g/mol. The Morgan fingerprint density at radius 1 is 0.953 bits per heavy atom. The molecule has 1 N–H and O–H groups in total. The van der Waals surface area contributed by atoms with Crippen LogP contribution in [0.1, 0.15) is 19.2 Å². The summed E-state index contributed by atoms with van der Waals surface area (Å²) in [4.78, 5) is 33.0. The molecule has 1 aromatic heterocycles. The number of nitrogens with one attached hydrogen (secondary N) is 1. The largest absolute Gasteiger partial charge is 0.494 e. The topological polar surface area (TPSA) is 83.5 Å². The number of nitrogens with zero attached hydrogens (tertiary/aromatic N) is 4. The fourth-order valence-corrected chi connectivity index (χ4v) is 6.02. The van der Waals surface area contributed by atoms with Crippen molar-refractivity contribution in [1.82, 2.24) is 19.9 Å². The van der Waals surface area contributed by atoms with Gasteiger partial charge in [-0.2, -0.15) is 0 Å². The third kappa shape index (κ3) is 6.82. The van der Waals surface area contributed by atoms with E-state index in [-0.39, 0.29) is 5.91 Å². The summed E-state index contributed by atoms with van der Waals surface area (Å²) in [6.45, 7) is 3.08. The number of fused-ring (bicyclic) bond motifs is 2. The van der Waals surface area contributed by atoms with E-state index in [0.717, 1.165) is 44.6 Å². The van der Waals surface area contributed by atoms with E-state index >= 15 is 0 Å². The molecule has 216 valence electrons. The first-order valence-corrected chi connectivity index (χ1v) is 15.6. The second-order valence-corrected chi connectivity index (χ2v) is 11.3. The van der Waals surface area contributed by atoms with Gasteiger partial charge in [0.1, 0.15) is 11.6 Å². The van der Waals surface area contributed by atoms with Crippen LogP contribution in [0.3, 0.4) is 0 Å². The fourth-order valence-electron chi connectivity index (χ4n) is 4.92. The molecule has 0 aliphatic carbocycles. The molecule has 6 rings (SSSR count). The van der Waals surface area contributed by atoms with Gasteiger partial charge in [-0.1, -0.05) is 65.8 Å². The summed E-state index contributed by atoms with van der Waals surface area (Å²) in [7, 11) is 0. The number of hydrogen-bond acceptors (Lipinski definition) is 6. The number of aliphatic imine (C=N–C) groups is 1. The van der Waals surface area contributed by atoms with Crippen molar-refractivity contribution in [1.29, 1.82) is 0 Å². The maximum Gasteiger partial charge on any atom is 0.239 e. The van der Waals surface area contributed by atoms with Gasteiger partial charge >= 0.3 is 0 Å². The zero-order chi connectivity index (χ0) is 29.6. The van der Waals surface area contributed by atoms with E-state index in [9.17, 15) is 4.79 Å². The lowest BCUT2D eigenvalue weighted by Crippen LogP contribution is -2.30. The van der Waals surface area contributed by atoms with E-state index in [4.69, 9.17) is 31.3 Å². The highest BCUT2D eigenvalue weighted by atomic mass is 35.5. The smallest absolute Gasteiger partial charge is 0.239 e. The zero-order valence-corrected chi connectivity index (χ0v) is 25.2. The van der Waals surface area contributed by atoms with Gasteiger partial charge in [-0.25, -0.2) is 15.0 Å². The Balaban J connectivity index is 1.34. The minimum absolute atomic E-state index is 0.0552. The number of hydrogen-bond donors (Lipinski definition) is 1. The first-order chi connectivity index (χ1) is 21.1. The van der Waals surface area contributed by atoms with Gasteiger partial charge in [0.25, 0.3) is 0 Å². The first-order valence-electron chi connectivity index (χ1n) is 14.2. The van der Waals surface area contributed by atoms with Crippen molar-refractivity contribution >= 4 is 62.1 Å². The Morgan fingerprint density at radius 2 is 1.72 bits per heavy atom. The van der Waals surface area contributed by atoms with Crippen molar-refractivity contribution in [3.8, 4) is 17.0 Å². The molecule has 0 radical (unpaired) electrons. The summed E-state index contributed by atoms with van der Waals surface area (Å²) in [6, 6.07) is 31.4. The number of carbonyl (C=O) groups is 1. The molecule has 0 unspecified atom stereocenters. The van der Waals surface area contributed by atoms with Crippen molar-refractivity contribution in [2.45, 2.75) is 19.8 Å². The lowest BCUT2D eigenvalue weighted by Gasteiger charge is -2.15. The Labute approximate surface area is 259 Å². The molecule has 9 heteroatoms. The third-order valence-corrected chi connectivity index (χ3v) is 8.16. The number of halogens is 1. The van der Waals surface area contributed by atoms with Crippen molar-refractivity contribution in [3.63, 3.8) is 0 Å². The second kappa shape index (κ2) is 13.3. The molecule has 1 fully saturated rings. The molecular formula is C34H30ClN5O2S. The van der Waals surface area contributed by atoms with Crippen LogP contribution in [0.2, 0.25) is 5.02 Å². The average molecular weight is 608 g/mol. The molecule has 7 nitrogen and oxygen atoms in total. The van der Waals surface area contributed by atoms with E-state index in [1.54, 1.807) is 4.90 Å². The van der Waals surface area contributed by atoms with E-state index in [2.05, 4.69) is 17.1 Å². The number of aryl methyl sites for hydroxylation is 1. The van der Waals surface area contributed by atoms with E-state index in [0.29, 0.717) is 47.8 Å². The van der Waals surface area contributed by atoms with Gasteiger partial charge in [0.15, 0.2) is 5.17 Å². The average Bonchev–Trinajstić information content (AvgIpc) is 3.39. The number of ether oxygens (including phenoxy) is 1. The number of para-hydroxylation sites is 2. The number of benzene rings is 4. The predicted molar refractivity (Wildman–Crippen MR) is 177 cm³/mol. The molecule has 4 aromatic carbocycles. The van der Waals surface area contributed by atoms with Gasteiger partial charge in [-0.05, 0) is 73.5 Å². The number of thioether (sulfide) groups is 1. The summed E-state index contributed by atoms with van der Waals surface area (Å²) in [5.74, 6) is 1.91. The van der Waals surface area contributed by atoms with Crippen LogP contribution < -0.4 is 4.74 Å². The number of amides is 1. The molecule has 5 aromatic rings. The highest BCUT2D eigenvalue weighted by Crippen LogP contribution is 2.29. The standard InChI is InChI=1S/C34H30ClN5O2S/c1-2-42-26-17-15-25(16-18-26)36-34-40(32(41)22-43-34)20-8-13-31-37-28-19-14-24(35)21-27(28)33(23-9-4-3-5-10-23)39-30-12-7-6-11-29(30)38-31/h3-7,9-12,14-19,21,39H,2,8,13,20,22H2,1H3. The molecule has 1 aliphatic rings. The molecule has 2 heterocycles. The Bertz CT molecular complexity index is 1860. The maximum atomic E-state index is 12.8. The summed E-state index contributed by atoms with van der Waals surface area (Å²) < 4.78 is 5.53. The maximum absolute atomic E-state index is 12.8. The van der Waals surface area contributed by atoms with Gasteiger partial charge < -0.3 is 9.72 Å². The number of carbonyl (C=O) groups excluding carboxylic acids is 1. The SMILES string of the molecule is CCOc1ccc(N=C2SCC(=O)N2CCCc2nc3ccccc3[nH]c(-c3ccccc3)c3cc(Cl)ccc3n2)cc1. The molecule has 43 heavy (non-hydrogen) atoms. The van der Waals surface area contributed by atoms with Crippen molar-refractivity contribution < 1.29 is 9.53 Å². The Morgan fingerprint density at radius 3 is 2.53 bits per heavy atom. The van der Waals surface area contributed by atoms with E-state index < -0.39 is 0 Å². The summed E-state index contributed by atoms with van der Waals surface area (Å²) >= 11 is 7.96. The lowest BCUT2D eigenvalue weighted by molar-refractivity contribution is -0.124. The Hall–Kier alpha value is -4.40. The number of H-pyrrole nitrogens is 1. The van der Waals surface area contributed by atoms with E-state index in [1.165, 1.54) is 11.8 Å². The molecule has 0 saturated carbocycles. The molecule has 0 spiro atoms. The van der Waals surface area contributed by atoms with E-state index in [1.807, 2.05) is 91.9 Å². The Kier molecular flexibility index (Phi) is 8.86. The van der Waals surface area contributed by atoms with Crippen LogP contribution in [-0.4, -0.2) is 49.8 Å². The highest BCUT2D eigenvalue weighted by molar-refractivity contribution is 8.15. The highest BCUT2D eigenvalue weighted by Gasteiger charge is 2.27. The minimum atomic E-state index is 0.0552. The van der Waals surface area contributed by atoms with Gasteiger partial charge in [0.2, 0.25) is 5.91 Å². The van der Waals surface area contributed by atoms with Gasteiger partial charge in [-0.15, -0.1) is 0 Å². The number of aromatic nitrogens is 3. The van der Waals surface area contributed by atoms with Gasteiger partial charge in [-0.3, -0.25) is 9.69 Å². The van der Waals surface area contributed by atoms with Crippen molar-refractivity contribution in [2.24, 2.45) is 4.99 Å². The number of amidine groups is 1. The first kappa shape index (κ1) is 28.7. The zero-order valence-electron chi connectivity index (χ0n) is 23.7. The summed E-state index contributed by atoms with van der Waals surface area (Å²) in [6.07, 6.45) is 1.24. The fraction of sp³-hybridized carbons (Fsp3) is 0.176. The third-order valence-electron chi connectivity index (χ3n) is 6.96. The monoisotopic (exact) mass is 607 g/mol. The van der Waals surface area contributed by atoms with Crippen LogP contribution in [0, 0.1) is 0 Å². The second-order valence-electron chi connectivity index (χ2n) is 9.94. The molecule has 0 atom stereocenters. The summed E-state index contributed by atoms with van der Waals surface area (Å²) in [5.41, 5.74) is 5.14. The predicted octanol–water partition coefficient (Wildman–Crippen LogP) is 8.15. The number of rotatable bonds is 8. The molecule has 1 saturated heterocycles. The summed E-state index contributed by atoms with van der Waals surface area (Å²) in [5, 5.41) is 2.22. The van der Waals surface area contributed by atoms with Crippen molar-refractivity contribution in [3.05, 3.63) is 108 Å². The van der Waals surface area contributed by atoms with Crippen LogP contribution in [0.25, 0.3) is 33.2 Å². The normalized spacial score (nSPS) is 14.0. The van der Waals surface area contributed by atoms with Crippen LogP contribution in [0.15, 0.2) is 102 Å². The van der Waals surface area contributed by atoms with Gasteiger partial charge in [0, 0.05) is 23.4 Å². The van der Waals surface area contributed by atoms with Crippen molar-refractivity contribution in [2.75, 3.05) is 18.9 Å². The lowest BCUT2D eigenvalue weighted by atomic mass is 10.1. The quantitative estimate of drug-likeness (QED) is 0.192. The van der Waals surface area contributed by atoms with Gasteiger partial charge in [0.05, 0.1) is 40.3 Å². The van der Waals surface area contributed by atoms with Crippen LogP contribution in [-0.2, 0) is 11.2 Å². The van der Waals surface area contributed by atoms with Crippen LogP contribution >= 0.6 is 23.4 Å². The molecule has 1 amide bonds.